The number of carbonyl (C=O) groups is 3. The van der Waals surface area contributed by atoms with Gasteiger partial charge in [-0.15, -0.1) is 0 Å². The molecule has 0 aliphatic rings. The standard InChI is InChI=1S/C20H22N2O5S/c1-14(23)21-16-8-6-7-15(13-16)19(24)22-18(20(25)27-2)11-12-28(26)17-9-4-3-5-10-17/h3-10,13,18H,11-12H2,1-2H3,(H,21,23)(H,22,24)/t18-,28+/m0/s1. The molecule has 148 valence electrons. The Bertz CT molecular complexity index is 870. The number of rotatable bonds is 8. The van der Waals surface area contributed by atoms with Crippen LogP contribution in [0, 0.1) is 0 Å². The Morgan fingerprint density at radius 3 is 2.43 bits per heavy atom. The fourth-order valence-electron chi connectivity index (χ4n) is 2.49. The summed E-state index contributed by atoms with van der Waals surface area (Å²) in [5.41, 5.74) is 0.754. The molecule has 28 heavy (non-hydrogen) atoms. The molecule has 0 aromatic heterocycles. The SMILES string of the molecule is COC(=O)[C@H](CC[S@@](=O)c1ccccc1)NC(=O)c1cccc(NC(C)=O)c1. The van der Waals surface area contributed by atoms with Crippen molar-refractivity contribution >= 4 is 34.3 Å². The Morgan fingerprint density at radius 1 is 1.07 bits per heavy atom. The molecule has 2 aromatic carbocycles. The number of nitrogens with one attached hydrogen (secondary N) is 2. The van der Waals surface area contributed by atoms with Gasteiger partial charge in [-0.3, -0.25) is 13.8 Å². The molecule has 8 heteroatoms. The molecule has 7 nitrogen and oxygen atoms in total. The fourth-order valence-corrected chi connectivity index (χ4v) is 3.64. The molecule has 2 rings (SSSR count). The molecule has 2 atom stereocenters. The van der Waals surface area contributed by atoms with E-state index in [4.69, 9.17) is 4.74 Å². The molecule has 0 unspecified atom stereocenters. The molecule has 0 heterocycles. The number of carbonyl (C=O) groups excluding carboxylic acids is 3. The van der Waals surface area contributed by atoms with Crippen molar-refractivity contribution < 1.29 is 23.3 Å². The third kappa shape index (κ3) is 6.31. The van der Waals surface area contributed by atoms with E-state index in [2.05, 4.69) is 10.6 Å². The van der Waals surface area contributed by atoms with Gasteiger partial charge in [0.15, 0.2) is 0 Å². The second-order valence-electron chi connectivity index (χ2n) is 5.96. The van der Waals surface area contributed by atoms with Gasteiger partial charge in [-0.1, -0.05) is 24.3 Å². The Morgan fingerprint density at radius 2 is 1.79 bits per heavy atom. The van der Waals surface area contributed by atoms with Crippen LogP contribution in [0.3, 0.4) is 0 Å². The van der Waals surface area contributed by atoms with E-state index in [-0.39, 0.29) is 23.6 Å². The number of anilines is 1. The van der Waals surface area contributed by atoms with E-state index >= 15 is 0 Å². The molecule has 2 aromatic rings. The summed E-state index contributed by atoms with van der Waals surface area (Å²) >= 11 is 0. The minimum atomic E-state index is -1.30. The Kier molecular flexibility index (Phi) is 7.88. The van der Waals surface area contributed by atoms with Crippen LogP contribution in [0.5, 0.6) is 0 Å². The van der Waals surface area contributed by atoms with Crippen LogP contribution in [0.2, 0.25) is 0 Å². The van der Waals surface area contributed by atoms with E-state index in [1.54, 1.807) is 42.5 Å². The largest absolute Gasteiger partial charge is 0.467 e. The maximum atomic E-state index is 12.5. The van der Waals surface area contributed by atoms with Gasteiger partial charge in [-0.05, 0) is 36.8 Å². The number of benzene rings is 2. The fraction of sp³-hybridized carbons (Fsp3) is 0.250. The van der Waals surface area contributed by atoms with Gasteiger partial charge in [0.1, 0.15) is 6.04 Å². The molecule has 0 saturated carbocycles. The van der Waals surface area contributed by atoms with E-state index < -0.39 is 28.7 Å². The first-order chi connectivity index (χ1) is 13.4. The number of methoxy groups -OCH3 is 1. The quantitative estimate of drug-likeness (QED) is 0.659. The van der Waals surface area contributed by atoms with Gasteiger partial charge >= 0.3 is 5.97 Å². The molecule has 2 N–H and O–H groups in total. The zero-order chi connectivity index (χ0) is 20.5. The lowest BCUT2D eigenvalue weighted by atomic mass is 10.1. The predicted octanol–water partition coefficient (Wildman–Crippen LogP) is 2.11. The van der Waals surface area contributed by atoms with Crippen LogP contribution in [-0.4, -0.2) is 40.9 Å². The Balaban J connectivity index is 2.05. The van der Waals surface area contributed by atoms with E-state index in [1.165, 1.54) is 20.1 Å². The number of ether oxygens (including phenoxy) is 1. The van der Waals surface area contributed by atoms with Crippen LogP contribution < -0.4 is 10.6 Å². The monoisotopic (exact) mass is 402 g/mol. The van der Waals surface area contributed by atoms with Crippen LogP contribution >= 0.6 is 0 Å². The average molecular weight is 402 g/mol. The Hall–Kier alpha value is -3.00. The number of esters is 1. The third-order valence-electron chi connectivity index (χ3n) is 3.83. The maximum Gasteiger partial charge on any atom is 0.328 e. The lowest BCUT2D eigenvalue weighted by Gasteiger charge is -2.16. The smallest absolute Gasteiger partial charge is 0.328 e. The van der Waals surface area contributed by atoms with Crippen molar-refractivity contribution in [3.05, 3.63) is 60.2 Å². The first-order valence-electron chi connectivity index (χ1n) is 8.60. The third-order valence-corrected chi connectivity index (χ3v) is 5.24. The first kappa shape index (κ1) is 21.3. The molecule has 0 fully saturated rings. The van der Waals surface area contributed by atoms with Gasteiger partial charge in [-0.25, -0.2) is 4.79 Å². The van der Waals surface area contributed by atoms with Gasteiger partial charge in [0.05, 0.1) is 17.9 Å². The van der Waals surface area contributed by atoms with Crippen molar-refractivity contribution in [3.8, 4) is 0 Å². The van der Waals surface area contributed by atoms with Crippen molar-refractivity contribution in [2.24, 2.45) is 0 Å². The number of hydrogen-bond acceptors (Lipinski definition) is 5. The molecule has 0 spiro atoms. The lowest BCUT2D eigenvalue weighted by molar-refractivity contribution is -0.142. The van der Waals surface area contributed by atoms with E-state index in [9.17, 15) is 18.6 Å². The van der Waals surface area contributed by atoms with Gasteiger partial charge in [0, 0.05) is 28.8 Å². The van der Waals surface area contributed by atoms with Crippen molar-refractivity contribution in [3.63, 3.8) is 0 Å². The van der Waals surface area contributed by atoms with Crippen LogP contribution in [-0.2, 0) is 25.1 Å². The summed E-state index contributed by atoms with van der Waals surface area (Å²) in [4.78, 5) is 36.4. The van der Waals surface area contributed by atoms with E-state index in [0.29, 0.717) is 10.6 Å². The summed E-state index contributed by atoms with van der Waals surface area (Å²) < 4.78 is 17.1. The van der Waals surface area contributed by atoms with Gasteiger partial charge in [0.2, 0.25) is 5.91 Å². The molecule has 0 aliphatic heterocycles. The second-order valence-corrected chi connectivity index (χ2v) is 7.53. The molecule has 0 radical (unpaired) electrons. The molecular formula is C20H22N2O5S. The van der Waals surface area contributed by atoms with Crippen molar-refractivity contribution in [1.29, 1.82) is 0 Å². The zero-order valence-electron chi connectivity index (χ0n) is 15.6. The van der Waals surface area contributed by atoms with E-state index in [0.717, 1.165) is 0 Å². The highest BCUT2D eigenvalue weighted by molar-refractivity contribution is 7.85. The van der Waals surface area contributed by atoms with E-state index in [1.807, 2.05) is 6.07 Å². The highest BCUT2D eigenvalue weighted by Crippen LogP contribution is 2.12. The van der Waals surface area contributed by atoms with Crippen molar-refractivity contribution in [2.75, 3.05) is 18.2 Å². The molecule has 0 saturated heterocycles. The minimum Gasteiger partial charge on any atom is -0.467 e. The topological polar surface area (TPSA) is 102 Å². The Labute approximate surface area is 165 Å². The summed E-state index contributed by atoms with van der Waals surface area (Å²) in [5, 5.41) is 5.21. The first-order valence-corrected chi connectivity index (χ1v) is 9.92. The van der Waals surface area contributed by atoms with Crippen molar-refractivity contribution in [1.82, 2.24) is 5.32 Å². The van der Waals surface area contributed by atoms with Gasteiger partial charge in [-0.2, -0.15) is 0 Å². The number of hydrogen-bond donors (Lipinski definition) is 2. The summed E-state index contributed by atoms with van der Waals surface area (Å²) in [6, 6.07) is 14.3. The zero-order valence-corrected chi connectivity index (χ0v) is 16.5. The van der Waals surface area contributed by atoms with Crippen LogP contribution in [0.4, 0.5) is 5.69 Å². The predicted molar refractivity (Wildman–Crippen MR) is 106 cm³/mol. The second kappa shape index (κ2) is 10.4. The summed E-state index contributed by atoms with van der Waals surface area (Å²) in [7, 11) is -0.0695. The molecular weight excluding hydrogens is 380 g/mol. The highest BCUT2D eigenvalue weighted by Gasteiger charge is 2.23. The van der Waals surface area contributed by atoms with Gasteiger partial charge in [0.25, 0.3) is 5.91 Å². The van der Waals surface area contributed by atoms with Crippen LogP contribution in [0.1, 0.15) is 23.7 Å². The average Bonchev–Trinajstić information content (AvgIpc) is 2.70. The molecule has 0 aliphatic carbocycles. The maximum absolute atomic E-state index is 12.5. The summed E-state index contributed by atoms with van der Waals surface area (Å²) in [6.45, 7) is 1.37. The summed E-state index contributed by atoms with van der Waals surface area (Å²) in [5.74, 6) is -1.17. The lowest BCUT2D eigenvalue weighted by Crippen LogP contribution is -2.42. The van der Waals surface area contributed by atoms with Crippen molar-refractivity contribution in [2.45, 2.75) is 24.3 Å². The summed E-state index contributed by atoms with van der Waals surface area (Å²) in [6.07, 6.45) is 0.158. The highest BCUT2D eigenvalue weighted by atomic mass is 32.2. The number of amides is 2. The van der Waals surface area contributed by atoms with Crippen LogP contribution in [0.25, 0.3) is 0 Å². The molecule has 0 bridgehead atoms. The normalized spacial score (nSPS) is 12.5. The van der Waals surface area contributed by atoms with Gasteiger partial charge < -0.3 is 15.4 Å². The minimum absolute atomic E-state index is 0.158. The van der Waals surface area contributed by atoms with Crippen LogP contribution in [0.15, 0.2) is 59.5 Å². The molecule has 2 amide bonds.